The van der Waals surface area contributed by atoms with Gasteiger partial charge in [0.15, 0.2) is 0 Å². The van der Waals surface area contributed by atoms with Crippen LogP contribution < -0.4 is 27.4 Å². The molecule has 4 atom stereocenters. The van der Waals surface area contributed by atoms with E-state index in [1.165, 1.54) is 36.8 Å². The summed E-state index contributed by atoms with van der Waals surface area (Å²) >= 11 is 1.51. The van der Waals surface area contributed by atoms with Crippen molar-refractivity contribution in [2.24, 2.45) is 11.5 Å². The minimum atomic E-state index is -1.32. The van der Waals surface area contributed by atoms with E-state index in [1.807, 2.05) is 6.26 Å². The van der Waals surface area contributed by atoms with Crippen molar-refractivity contribution >= 4 is 41.4 Å². The number of carboxylic acids is 1. The minimum absolute atomic E-state index is 0.0578. The molecule has 0 aliphatic rings. The molecule has 0 fully saturated rings. The molecule has 4 unspecified atom stereocenters. The molecule has 0 spiro atoms. The van der Waals surface area contributed by atoms with Gasteiger partial charge in [0, 0.05) is 43.0 Å². The summed E-state index contributed by atoms with van der Waals surface area (Å²) in [7, 11) is 0. The normalized spacial score (nSPS) is 14.1. The Bertz CT molecular complexity index is 1060. The SMILES string of the molecule is CSCCC(N)C(=O)NC(CCC(N)=O)C(=O)NC(Cc1cnc[nH]1)C(=O)NC(Cc1cnc[nH]1)C(=O)O. The molecule has 0 saturated carbocycles. The highest BCUT2D eigenvalue weighted by Gasteiger charge is 2.31. The van der Waals surface area contributed by atoms with Gasteiger partial charge in [-0.2, -0.15) is 11.8 Å². The molecular formula is C22H33N9O6S. The monoisotopic (exact) mass is 551 g/mol. The fourth-order valence-corrected chi connectivity index (χ4v) is 3.89. The number of carboxylic acid groups (broad SMARTS) is 1. The number of nitrogens with two attached hydrogens (primary N) is 2. The molecule has 2 rings (SSSR count). The molecule has 0 aromatic carbocycles. The van der Waals surface area contributed by atoms with Crippen molar-refractivity contribution in [1.82, 2.24) is 35.9 Å². The molecule has 0 aliphatic carbocycles. The molecule has 0 aliphatic heterocycles. The summed E-state index contributed by atoms with van der Waals surface area (Å²) in [4.78, 5) is 75.4. The Morgan fingerprint density at radius 1 is 0.895 bits per heavy atom. The van der Waals surface area contributed by atoms with Crippen LogP contribution in [0.25, 0.3) is 0 Å². The summed E-state index contributed by atoms with van der Waals surface area (Å²) in [5.41, 5.74) is 12.1. The van der Waals surface area contributed by atoms with E-state index in [4.69, 9.17) is 11.5 Å². The predicted molar refractivity (Wildman–Crippen MR) is 137 cm³/mol. The fraction of sp³-hybridized carbons (Fsp3) is 0.500. The number of hydrogen-bond acceptors (Lipinski definition) is 9. The number of nitrogens with one attached hydrogen (secondary N) is 5. The van der Waals surface area contributed by atoms with E-state index in [-0.39, 0.29) is 25.7 Å². The van der Waals surface area contributed by atoms with Gasteiger partial charge >= 0.3 is 5.97 Å². The van der Waals surface area contributed by atoms with Crippen molar-refractivity contribution in [3.05, 3.63) is 36.4 Å². The van der Waals surface area contributed by atoms with Crippen molar-refractivity contribution in [3.8, 4) is 0 Å². The topological polar surface area (TPSA) is 251 Å². The Balaban J connectivity index is 2.19. The third-order valence-corrected chi connectivity index (χ3v) is 6.13. The van der Waals surface area contributed by atoms with E-state index >= 15 is 0 Å². The van der Waals surface area contributed by atoms with Gasteiger partial charge in [-0.15, -0.1) is 0 Å². The number of hydrogen-bond donors (Lipinski definition) is 8. The second kappa shape index (κ2) is 15.4. The van der Waals surface area contributed by atoms with Crippen LogP contribution in [0.5, 0.6) is 0 Å². The first kappa shape index (κ1) is 30.3. The number of aromatic amines is 2. The highest BCUT2D eigenvalue weighted by atomic mass is 32.2. The number of rotatable bonds is 17. The molecule has 0 bridgehead atoms. The zero-order valence-electron chi connectivity index (χ0n) is 20.8. The van der Waals surface area contributed by atoms with Crippen LogP contribution in [-0.2, 0) is 36.8 Å². The summed E-state index contributed by atoms with van der Waals surface area (Å²) in [6.45, 7) is 0. The van der Waals surface area contributed by atoms with Gasteiger partial charge in [-0.25, -0.2) is 14.8 Å². The number of carbonyl (C=O) groups excluding carboxylic acids is 4. The van der Waals surface area contributed by atoms with Crippen molar-refractivity contribution in [2.75, 3.05) is 12.0 Å². The van der Waals surface area contributed by atoms with E-state index < -0.39 is 53.8 Å². The number of thioether (sulfide) groups is 1. The highest BCUT2D eigenvalue weighted by Crippen LogP contribution is 2.06. The van der Waals surface area contributed by atoms with Crippen LogP contribution in [-0.4, -0.2) is 90.8 Å². The van der Waals surface area contributed by atoms with Crippen LogP contribution in [0.3, 0.4) is 0 Å². The van der Waals surface area contributed by atoms with Gasteiger partial charge in [-0.1, -0.05) is 0 Å². The lowest BCUT2D eigenvalue weighted by Gasteiger charge is -2.25. The van der Waals surface area contributed by atoms with Crippen LogP contribution in [0, 0.1) is 0 Å². The van der Waals surface area contributed by atoms with E-state index in [0.717, 1.165) is 0 Å². The molecule has 38 heavy (non-hydrogen) atoms. The maximum atomic E-state index is 13.2. The van der Waals surface area contributed by atoms with Gasteiger partial charge in [0.25, 0.3) is 0 Å². The van der Waals surface area contributed by atoms with Crippen molar-refractivity contribution in [2.45, 2.75) is 56.3 Å². The molecule has 2 aromatic rings. The molecule has 208 valence electrons. The first-order valence-corrected chi connectivity index (χ1v) is 13.1. The molecule has 4 amide bonds. The number of nitrogens with zero attached hydrogens (tertiary/aromatic N) is 2. The van der Waals surface area contributed by atoms with E-state index in [1.54, 1.807) is 0 Å². The Kier molecular flexibility index (Phi) is 12.2. The zero-order chi connectivity index (χ0) is 28.1. The number of H-pyrrole nitrogens is 2. The molecular weight excluding hydrogens is 518 g/mol. The summed E-state index contributed by atoms with van der Waals surface area (Å²) in [6, 6.07) is -4.66. The lowest BCUT2D eigenvalue weighted by molar-refractivity contribution is -0.142. The van der Waals surface area contributed by atoms with Crippen LogP contribution in [0.2, 0.25) is 0 Å². The summed E-state index contributed by atoms with van der Waals surface area (Å²) in [5, 5.41) is 17.1. The number of primary amides is 1. The van der Waals surface area contributed by atoms with Gasteiger partial charge in [-0.3, -0.25) is 19.2 Å². The van der Waals surface area contributed by atoms with Gasteiger partial charge in [0.05, 0.1) is 18.7 Å². The number of imidazole rings is 2. The smallest absolute Gasteiger partial charge is 0.326 e. The first-order valence-electron chi connectivity index (χ1n) is 11.7. The molecule has 2 aromatic heterocycles. The van der Waals surface area contributed by atoms with Gasteiger partial charge in [-0.05, 0) is 24.9 Å². The predicted octanol–water partition coefficient (Wildman–Crippen LogP) is -2.20. The minimum Gasteiger partial charge on any atom is -0.480 e. The maximum Gasteiger partial charge on any atom is 0.326 e. The second-order valence-electron chi connectivity index (χ2n) is 8.48. The van der Waals surface area contributed by atoms with E-state index in [2.05, 4.69) is 35.9 Å². The average molecular weight is 552 g/mol. The Morgan fingerprint density at radius 3 is 1.92 bits per heavy atom. The quantitative estimate of drug-likeness (QED) is 0.105. The standard InChI is InChI=1S/C22H33N9O6S/c1-38-5-4-14(23)19(33)29-15(2-3-18(24)32)20(34)30-16(6-12-8-25-10-27-12)21(35)31-17(22(36)37)7-13-9-26-11-28-13/h8-11,14-17H,2-7,23H2,1H3,(H2,24,32)(H,25,27)(H,26,28)(H,29,33)(H,30,34)(H,31,35)(H,36,37). The maximum absolute atomic E-state index is 13.2. The third kappa shape index (κ3) is 10.2. The molecule has 0 radical (unpaired) electrons. The molecule has 2 heterocycles. The highest BCUT2D eigenvalue weighted by molar-refractivity contribution is 7.98. The molecule has 0 saturated heterocycles. The van der Waals surface area contributed by atoms with Gasteiger partial charge in [0.2, 0.25) is 23.6 Å². The lowest BCUT2D eigenvalue weighted by atomic mass is 10.1. The average Bonchev–Trinajstić information content (AvgIpc) is 3.58. The molecule has 10 N–H and O–H groups in total. The second-order valence-corrected chi connectivity index (χ2v) is 9.46. The van der Waals surface area contributed by atoms with Gasteiger partial charge < -0.3 is 42.5 Å². The van der Waals surface area contributed by atoms with Crippen molar-refractivity contribution < 1.29 is 29.1 Å². The number of aliphatic carboxylic acids is 1. The summed E-state index contributed by atoms with van der Waals surface area (Å²) in [6.07, 6.45) is 7.41. The molecule has 16 heteroatoms. The Morgan fingerprint density at radius 2 is 1.42 bits per heavy atom. The van der Waals surface area contributed by atoms with Crippen LogP contribution in [0.4, 0.5) is 0 Å². The van der Waals surface area contributed by atoms with Crippen LogP contribution in [0.1, 0.15) is 30.7 Å². The van der Waals surface area contributed by atoms with Crippen molar-refractivity contribution in [3.63, 3.8) is 0 Å². The Labute approximate surface area is 222 Å². The van der Waals surface area contributed by atoms with Gasteiger partial charge in [0.1, 0.15) is 18.1 Å². The zero-order valence-corrected chi connectivity index (χ0v) is 21.6. The molecule has 15 nitrogen and oxygen atoms in total. The third-order valence-electron chi connectivity index (χ3n) is 5.49. The lowest BCUT2D eigenvalue weighted by Crippen LogP contribution is -2.58. The largest absolute Gasteiger partial charge is 0.480 e. The fourth-order valence-electron chi connectivity index (χ4n) is 3.40. The van der Waals surface area contributed by atoms with E-state index in [9.17, 15) is 29.1 Å². The number of aromatic nitrogens is 4. The number of carbonyl (C=O) groups is 5. The number of amides is 4. The summed E-state index contributed by atoms with van der Waals surface area (Å²) < 4.78 is 0. The first-order chi connectivity index (χ1) is 18.1. The van der Waals surface area contributed by atoms with E-state index in [0.29, 0.717) is 23.6 Å². The van der Waals surface area contributed by atoms with Crippen molar-refractivity contribution in [1.29, 1.82) is 0 Å². The van der Waals surface area contributed by atoms with Crippen LogP contribution in [0.15, 0.2) is 25.0 Å². The van der Waals surface area contributed by atoms with Crippen LogP contribution >= 0.6 is 11.8 Å². The summed E-state index contributed by atoms with van der Waals surface area (Å²) in [5.74, 6) is -3.48. The Hall–Kier alpha value is -3.92.